The molecule has 1 atom stereocenters. The maximum atomic E-state index is 12.8. The molecule has 0 saturated carbocycles. The van der Waals surface area contributed by atoms with Crippen molar-refractivity contribution in [2.45, 2.75) is 6.04 Å². The number of para-hydroxylation sites is 1. The monoisotopic (exact) mass is 439 g/mol. The van der Waals surface area contributed by atoms with E-state index in [1.807, 2.05) is 0 Å². The van der Waals surface area contributed by atoms with E-state index in [1.54, 1.807) is 36.4 Å². The third-order valence-corrected chi connectivity index (χ3v) is 6.05. The molecule has 28 heavy (non-hydrogen) atoms. The van der Waals surface area contributed by atoms with Gasteiger partial charge in [0.1, 0.15) is 0 Å². The lowest BCUT2D eigenvalue weighted by Crippen LogP contribution is -2.43. The van der Waals surface area contributed by atoms with Crippen molar-refractivity contribution in [3.8, 4) is 0 Å². The predicted octanol–water partition coefficient (Wildman–Crippen LogP) is 3.49. The van der Waals surface area contributed by atoms with Crippen molar-refractivity contribution in [2.75, 3.05) is 17.3 Å². The second-order valence-corrected chi connectivity index (χ2v) is 8.74. The Morgan fingerprint density at radius 1 is 1.04 bits per heavy atom. The number of hydrogen-bond acceptors (Lipinski definition) is 5. The molecular weight excluding hydrogens is 425 g/mol. The summed E-state index contributed by atoms with van der Waals surface area (Å²) in [5.41, 5.74) is 0.458. The van der Waals surface area contributed by atoms with E-state index < -0.39 is 34.4 Å². The van der Waals surface area contributed by atoms with Crippen molar-refractivity contribution in [2.24, 2.45) is 0 Å². The van der Waals surface area contributed by atoms with Gasteiger partial charge < -0.3 is 9.64 Å². The van der Waals surface area contributed by atoms with Gasteiger partial charge in [-0.15, -0.1) is 0 Å². The van der Waals surface area contributed by atoms with Crippen molar-refractivity contribution >= 4 is 50.6 Å². The van der Waals surface area contributed by atoms with Gasteiger partial charge in [0.25, 0.3) is 5.91 Å². The molecule has 2 aromatic carbocycles. The number of carbonyl (C=O) groups excluding carboxylic acids is 2. The smallest absolute Gasteiger partial charge is 0.341 e. The SMILES string of the molecule is O=C(OCC(=O)N(c1ccccc1)C1C=CS(=O)(=O)C1)c1c(Cl)cccc1Cl. The van der Waals surface area contributed by atoms with E-state index >= 15 is 0 Å². The van der Waals surface area contributed by atoms with Crippen LogP contribution in [0.25, 0.3) is 0 Å². The third kappa shape index (κ3) is 4.55. The number of esters is 1. The van der Waals surface area contributed by atoms with Crippen LogP contribution in [0.15, 0.2) is 60.0 Å². The summed E-state index contributed by atoms with van der Waals surface area (Å²) in [6, 6.07) is 12.4. The normalized spacial score (nSPS) is 17.3. The zero-order valence-corrected chi connectivity index (χ0v) is 16.7. The van der Waals surface area contributed by atoms with Gasteiger partial charge in [0.05, 0.1) is 27.4 Å². The Bertz CT molecular complexity index is 1020. The van der Waals surface area contributed by atoms with Gasteiger partial charge in [-0.1, -0.05) is 47.5 Å². The first-order valence-electron chi connectivity index (χ1n) is 8.18. The van der Waals surface area contributed by atoms with Crippen LogP contribution in [-0.2, 0) is 19.4 Å². The molecule has 0 spiro atoms. The van der Waals surface area contributed by atoms with Crippen LogP contribution in [-0.4, -0.2) is 38.7 Å². The highest BCUT2D eigenvalue weighted by molar-refractivity contribution is 7.94. The number of anilines is 1. The summed E-state index contributed by atoms with van der Waals surface area (Å²) in [7, 11) is -3.38. The summed E-state index contributed by atoms with van der Waals surface area (Å²) in [6.07, 6.45) is 1.44. The van der Waals surface area contributed by atoms with E-state index in [2.05, 4.69) is 0 Å². The van der Waals surface area contributed by atoms with Crippen LogP contribution in [0.3, 0.4) is 0 Å². The number of hydrogen-bond donors (Lipinski definition) is 0. The minimum absolute atomic E-state index is 0.0340. The number of halogens is 2. The van der Waals surface area contributed by atoms with Crippen LogP contribution >= 0.6 is 23.2 Å². The standard InChI is InChI=1S/C19H15Cl2NO5S/c20-15-7-4-8-16(21)18(15)19(24)27-11-17(23)22(13-5-2-1-3-6-13)14-9-10-28(25,26)12-14/h1-10,14H,11-12H2. The Morgan fingerprint density at radius 3 is 2.25 bits per heavy atom. The van der Waals surface area contributed by atoms with Gasteiger partial charge in [0, 0.05) is 11.1 Å². The fourth-order valence-electron chi connectivity index (χ4n) is 2.79. The molecule has 1 unspecified atom stereocenters. The molecule has 0 bridgehead atoms. The minimum Gasteiger partial charge on any atom is -0.452 e. The second-order valence-electron chi connectivity index (χ2n) is 6.00. The van der Waals surface area contributed by atoms with Gasteiger partial charge in [0.15, 0.2) is 16.4 Å². The number of nitrogens with zero attached hydrogens (tertiary/aromatic N) is 1. The van der Waals surface area contributed by atoms with E-state index in [-0.39, 0.29) is 21.4 Å². The average Bonchev–Trinajstić information content (AvgIpc) is 3.00. The van der Waals surface area contributed by atoms with Gasteiger partial charge in [-0.2, -0.15) is 0 Å². The van der Waals surface area contributed by atoms with Crippen molar-refractivity contribution in [3.05, 3.63) is 75.6 Å². The molecule has 1 aliphatic heterocycles. The van der Waals surface area contributed by atoms with Crippen LogP contribution < -0.4 is 4.90 Å². The fraction of sp³-hybridized carbons (Fsp3) is 0.158. The van der Waals surface area contributed by atoms with Gasteiger partial charge in [-0.3, -0.25) is 4.79 Å². The molecule has 1 heterocycles. The van der Waals surface area contributed by atoms with E-state index in [0.717, 1.165) is 5.41 Å². The number of amides is 1. The first-order valence-corrected chi connectivity index (χ1v) is 10.6. The fourth-order valence-corrected chi connectivity index (χ4v) is 4.61. The molecule has 0 aromatic heterocycles. The summed E-state index contributed by atoms with van der Waals surface area (Å²) in [5.74, 6) is -1.65. The summed E-state index contributed by atoms with van der Waals surface area (Å²) < 4.78 is 28.7. The number of sulfone groups is 1. The second kappa shape index (κ2) is 8.34. The summed E-state index contributed by atoms with van der Waals surface area (Å²) in [6.45, 7) is -0.598. The first-order chi connectivity index (χ1) is 13.3. The predicted molar refractivity (Wildman–Crippen MR) is 107 cm³/mol. The molecule has 0 saturated heterocycles. The molecule has 0 radical (unpaired) electrons. The van der Waals surface area contributed by atoms with E-state index in [4.69, 9.17) is 27.9 Å². The zero-order chi connectivity index (χ0) is 20.3. The summed E-state index contributed by atoms with van der Waals surface area (Å²) in [4.78, 5) is 26.4. The van der Waals surface area contributed by atoms with Gasteiger partial charge >= 0.3 is 5.97 Å². The van der Waals surface area contributed by atoms with Crippen LogP contribution in [0.2, 0.25) is 10.0 Å². The van der Waals surface area contributed by atoms with E-state index in [1.165, 1.54) is 23.1 Å². The van der Waals surface area contributed by atoms with Crippen LogP contribution in [0.1, 0.15) is 10.4 Å². The summed E-state index contributed by atoms with van der Waals surface area (Å²) >= 11 is 12.0. The maximum Gasteiger partial charge on any atom is 0.341 e. The highest BCUT2D eigenvalue weighted by atomic mass is 35.5. The largest absolute Gasteiger partial charge is 0.452 e. The highest BCUT2D eigenvalue weighted by Crippen LogP contribution is 2.26. The molecule has 146 valence electrons. The first kappa shape index (κ1) is 20.4. The van der Waals surface area contributed by atoms with Crippen molar-refractivity contribution < 1.29 is 22.7 Å². The van der Waals surface area contributed by atoms with Gasteiger partial charge in [0.2, 0.25) is 0 Å². The maximum absolute atomic E-state index is 12.8. The average molecular weight is 440 g/mol. The molecule has 1 amide bonds. The highest BCUT2D eigenvalue weighted by Gasteiger charge is 2.32. The van der Waals surface area contributed by atoms with Crippen LogP contribution in [0, 0.1) is 0 Å². The molecular formula is C19H15Cl2NO5S. The van der Waals surface area contributed by atoms with Gasteiger partial charge in [-0.25, -0.2) is 13.2 Å². The zero-order valence-electron chi connectivity index (χ0n) is 14.4. The Kier molecular flexibility index (Phi) is 6.07. The van der Waals surface area contributed by atoms with Gasteiger partial charge in [-0.05, 0) is 30.3 Å². The van der Waals surface area contributed by atoms with E-state index in [9.17, 15) is 18.0 Å². The minimum atomic E-state index is -3.38. The lowest BCUT2D eigenvalue weighted by atomic mass is 10.2. The number of benzene rings is 2. The topological polar surface area (TPSA) is 80.8 Å². The van der Waals surface area contributed by atoms with Crippen molar-refractivity contribution in [3.63, 3.8) is 0 Å². The molecule has 1 aliphatic rings. The quantitative estimate of drug-likeness (QED) is 0.665. The van der Waals surface area contributed by atoms with E-state index in [0.29, 0.717) is 5.69 Å². The Morgan fingerprint density at radius 2 is 1.68 bits per heavy atom. The Labute approximate surface area is 172 Å². The molecule has 6 nitrogen and oxygen atoms in total. The molecule has 2 aromatic rings. The lowest BCUT2D eigenvalue weighted by molar-refractivity contribution is -0.121. The van der Waals surface area contributed by atoms with Crippen molar-refractivity contribution in [1.29, 1.82) is 0 Å². The lowest BCUT2D eigenvalue weighted by Gasteiger charge is -2.27. The summed E-state index contributed by atoms with van der Waals surface area (Å²) in [5, 5.41) is 1.29. The number of rotatable bonds is 5. The molecule has 0 aliphatic carbocycles. The molecule has 3 rings (SSSR count). The third-order valence-electron chi connectivity index (χ3n) is 4.04. The Hall–Kier alpha value is -2.35. The molecule has 0 N–H and O–H groups in total. The number of ether oxygens (including phenoxy) is 1. The Balaban J connectivity index is 1.79. The molecule has 0 fully saturated rings. The van der Waals surface area contributed by atoms with Crippen LogP contribution in [0.5, 0.6) is 0 Å². The number of carbonyl (C=O) groups is 2. The van der Waals surface area contributed by atoms with Crippen LogP contribution in [0.4, 0.5) is 5.69 Å². The molecule has 9 heteroatoms. The van der Waals surface area contributed by atoms with Crippen molar-refractivity contribution in [1.82, 2.24) is 0 Å².